The maximum atomic E-state index is 11.4. The van der Waals surface area contributed by atoms with E-state index >= 15 is 0 Å². The summed E-state index contributed by atoms with van der Waals surface area (Å²) in [6.07, 6.45) is 1.87. The number of aromatic nitrogens is 2. The molecule has 7 nitrogen and oxygen atoms in total. The van der Waals surface area contributed by atoms with Crippen molar-refractivity contribution in [3.63, 3.8) is 0 Å². The molecule has 0 spiro atoms. The highest BCUT2D eigenvalue weighted by Gasteiger charge is 2.27. The number of nitrogens with one attached hydrogen (secondary N) is 1. The SMILES string of the molecule is CC(=O)NCC1CCN(c2c(C(=O)O)c(C)nn2C)CC1. The van der Waals surface area contributed by atoms with Gasteiger partial charge in [-0.05, 0) is 25.7 Å². The number of piperidine rings is 1. The normalized spacial score (nSPS) is 16.0. The lowest BCUT2D eigenvalue weighted by Crippen LogP contribution is -2.39. The second kappa shape index (κ2) is 6.15. The number of rotatable bonds is 4. The molecular formula is C14H22N4O3. The van der Waals surface area contributed by atoms with Crippen LogP contribution < -0.4 is 10.2 Å². The number of aromatic carboxylic acids is 1. The van der Waals surface area contributed by atoms with Gasteiger partial charge in [-0.3, -0.25) is 9.48 Å². The van der Waals surface area contributed by atoms with Crippen LogP contribution in [0.3, 0.4) is 0 Å². The van der Waals surface area contributed by atoms with Gasteiger partial charge < -0.3 is 15.3 Å². The molecule has 1 amide bonds. The Labute approximate surface area is 123 Å². The molecule has 0 aromatic carbocycles. The van der Waals surface area contributed by atoms with Crippen molar-refractivity contribution >= 4 is 17.7 Å². The fourth-order valence-corrected chi connectivity index (χ4v) is 2.90. The fraction of sp³-hybridized carbons (Fsp3) is 0.643. The predicted molar refractivity (Wildman–Crippen MR) is 78.5 cm³/mol. The molecule has 116 valence electrons. The van der Waals surface area contributed by atoms with Crippen molar-refractivity contribution in [3.8, 4) is 0 Å². The van der Waals surface area contributed by atoms with Crippen molar-refractivity contribution in [2.24, 2.45) is 13.0 Å². The van der Waals surface area contributed by atoms with Gasteiger partial charge >= 0.3 is 5.97 Å². The van der Waals surface area contributed by atoms with Crippen molar-refractivity contribution in [1.82, 2.24) is 15.1 Å². The third-order valence-electron chi connectivity index (χ3n) is 3.96. The van der Waals surface area contributed by atoms with Crippen LogP contribution in [-0.4, -0.2) is 46.4 Å². The Balaban J connectivity index is 2.06. The number of amides is 1. The third kappa shape index (κ3) is 3.34. The van der Waals surface area contributed by atoms with E-state index in [1.165, 1.54) is 6.92 Å². The second-order valence-corrected chi connectivity index (χ2v) is 5.58. The average molecular weight is 294 g/mol. The molecule has 7 heteroatoms. The van der Waals surface area contributed by atoms with E-state index in [0.717, 1.165) is 25.9 Å². The monoisotopic (exact) mass is 294 g/mol. The van der Waals surface area contributed by atoms with E-state index in [1.54, 1.807) is 18.7 Å². The molecule has 21 heavy (non-hydrogen) atoms. The van der Waals surface area contributed by atoms with Crippen LogP contribution in [0.15, 0.2) is 0 Å². The van der Waals surface area contributed by atoms with Crippen LogP contribution in [0.5, 0.6) is 0 Å². The number of hydrogen-bond donors (Lipinski definition) is 2. The first-order valence-corrected chi connectivity index (χ1v) is 7.16. The van der Waals surface area contributed by atoms with E-state index in [-0.39, 0.29) is 11.5 Å². The van der Waals surface area contributed by atoms with Gasteiger partial charge in [0.1, 0.15) is 11.4 Å². The van der Waals surface area contributed by atoms with Gasteiger partial charge in [-0.15, -0.1) is 0 Å². The van der Waals surface area contributed by atoms with Gasteiger partial charge in [0.2, 0.25) is 5.91 Å². The van der Waals surface area contributed by atoms with E-state index in [0.29, 0.717) is 24.0 Å². The molecule has 0 aliphatic carbocycles. The quantitative estimate of drug-likeness (QED) is 0.857. The summed E-state index contributed by atoms with van der Waals surface area (Å²) in [5.74, 6) is 0.189. The van der Waals surface area contributed by atoms with Gasteiger partial charge in [-0.25, -0.2) is 4.79 Å². The van der Waals surface area contributed by atoms with Crippen LogP contribution in [-0.2, 0) is 11.8 Å². The number of nitrogens with zero attached hydrogens (tertiary/aromatic N) is 3. The molecule has 0 bridgehead atoms. The first-order valence-electron chi connectivity index (χ1n) is 7.16. The Hall–Kier alpha value is -2.05. The Morgan fingerprint density at radius 3 is 2.52 bits per heavy atom. The summed E-state index contributed by atoms with van der Waals surface area (Å²) in [7, 11) is 1.78. The first kappa shape index (κ1) is 15.3. The number of carbonyl (C=O) groups excluding carboxylic acids is 1. The van der Waals surface area contributed by atoms with Crippen LogP contribution in [0.25, 0.3) is 0 Å². The van der Waals surface area contributed by atoms with Gasteiger partial charge in [0.25, 0.3) is 0 Å². The summed E-state index contributed by atoms with van der Waals surface area (Å²) in [4.78, 5) is 24.4. The molecule has 2 heterocycles. The summed E-state index contributed by atoms with van der Waals surface area (Å²) in [6, 6.07) is 0. The Bertz CT molecular complexity index is 545. The first-order chi connectivity index (χ1) is 9.90. The molecule has 1 aromatic heterocycles. The minimum absolute atomic E-state index is 0.00662. The lowest BCUT2D eigenvalue weighted by atomic mass is 9.96. The summed E-state index contributed by atoms with van der Waals surface area (Å²) < 4.78 is 1.65. The van der Waals surface area contributed by atoms with E-state index < -0.39 is 5.97 Å². The molecule has 1 aromatic rings. The van der Waals surface area contributed by atoms with Crippen molar-refractivity contribution in [3.05, 3.63) is 11.3 Å². The molecule has 0 radical (unpaired) electrons. The lowest BCUT2D eigenvalue weighted by Gasteiger charge is -2.33. The minimum atomic E-state index is -0.934. The van der Waals surface area contributed by atoms with Gasteiger partial charge in [0.15, 0.2) is 0 Å². The fourth-order valence-electron chi connectivity index (χ4n) is 2.90. The lowest BCUT2D eigenvalue weighted by molar-refractivity contribution is -0.119. The number of anilines is 1. The molecule has 0 unspecified atom stereocenters. The molecule has 1 fully saturated rings. The van der Waals surface area contributed by atoms with Crippen LogP contribution >= 0.6 is 0 Å². The minimum Gasteiger partial charge on any atom is -0.477 e. The average Bonchev–Trinajstić information content (AvgIpc) is 2.72. The molecule has 2 N–H and O–H groups in total. The molecule has 0 saturated carbocycles. The van der Waals surface area contributed by atoms with E-state index in [2.05, 4.69) is 15.3 Å². The highest BCUT2D eigenvalue weighted by atomic mass is 16.4. The summed E-state index contributed by atoms with van der Waals surface area (Å²) in [5, 5.41) is 16.4. The van der Waals surface area contributed by atoms with Crippen molar-refractivity contribution in [1.29, 1.82) is 0 Å². The van der Waals surface area contributed by atoms with Crippen LogP contribution in [0.1, 0.15) is 35.8 Å². The van der Waals surface area contributed by atoms with E-state index in [4.69, 9.17) is 0 Å². The standard InChI is InChI=1S/C14H22N4O3/c1-9-12(14(20)21)13(17(3)16-9)18-6-4-11(5-7-18)8-15-10(2)19/h11H,4-8H2,1-3H3,(H,15,19)(H,20,21). The van der Waals surface area contributed by atoms with Gasteiger partial charge in [0, 0.05) is 33.6 Å². The van der Waals surface area contributed by atoms with Crippen LogP contribution in [0.4, 0.5) is 5.82 Å². The molecular weight excluding hydrogens is 272 g/mol. The number of aryl methyl sites for hydroxylation is 2. The van der Waals surface area contributed by atoms with Crippen LogP contribution in [0.2, 0.25) is 0 Å². The van der Waals surface area contributed by atoms with Crippen molar-refractivity contribution < 1.29 is 14.7 Å². The molecule has 1 aliphatic heterocycles. The zero-order valence-electron chi connectivity index (χ0n) is 12.7. The summed E-state index contributed by atoms with van der Waals surface area (Å²) in [6.45, 7) is 5.50. The van der Waals surface area contributed by atoms with Gasteiger partial charge in [-0.1, -0.05) is 0 Å². The maximum absolute atomic E-state index is 11.4. The molecule has 0 atom stereocenters. The predicted octanol–water partition coefficient (Wildman–Crippen LogP) is 0.779. The zero-order valence-corrected chi connectivity index (χ0v) is 12.7. The highest BCUT2D eigenvalue weighted by molar-refractivity contribution is 5.94. The summed E-state index contributed by atoms with van der Waals surface area (Å²) >= 11 is 0. The van der Waals surface area contributed by atoms with Crippen molar-refractivity contribution in [2.75, 3.05) is 24.5 Å². The number of carboxylic acids is 1. The largest absolute Gasteiger partial charge is 0.477 e. The number of hydrogen-bond acceptors (Lipinski definition) is 4. The Kier molecular flexibility index (Phi) is 4.50. The van der Waals surface area contributed by atoms with E-state index in [9.17, 15) is 14.7 Å². The topological polar surface area (TPSA) is 87.5 Å². The third-order valence-corrected chi connectivity index (χ3v) is 3.96. The molecule has 2 rings (SSSR count). The zero-order chi connectivity index (χ0) is 15.6. The van der Waals surface area contributed by atoms with Crippen molar-refractivity contribution in [2.45, 2.75) is 26.7 Å². The van der Waals surface area contributed by atoms with Gasteiger partial charge in [-0.2, -0.15) is 5.10 Å². The number of carbonyl (C=O) groups is 2. The summed E-state index contributed by atoms with van der Waals surface area (Å²) in [5.41, 5.74) is 0.832. The smallest absolute Gasteiger partial charge is 0.341 e. The van der Waals surface area contributed by atoms with Gasteiger partial charge in [0.05, 0.1) is 5.69 Å². The van der Waals surface area contributed by atoms with Crippen LogP contribution in [0, 0.1) is 12.8 Å². The molecule has 1 saturated heterocycles. The Morgan fingerprint density at radius 1 is 1.38 bits per heavy atom. The second-order valence-electron chi connectivity index (χ2n) is 5.58. The van der Waals surface area contributed by atoms with E-state index in [1.807, 2.05) is 0 Å². The number of carboxylic acid groups (broad SMARTS) is 1. The Morgan fingerprint density at radius 2 is 2.00 bits per heavy atom. The highest BCUT2D eigenvalue weighted by Crippen LogP contribution is 2.27. The maximum Gasteiger partial charge on any atom is 0.341 e. The molecule has 1 aliphatic rings.